The van der Waals surface area contributed by atoms with Crippen LogP contribution in [0.3, 0.4) is 0 Å². The SMILES string of the molecule is O=C(CC1(O)C(=O)N(Cc2ccc(F)cc2)c2ccccc21)c1ccccn1. The van der Waals surface area contributed by atoms with Crippen molar-refractivity contribution >= 4 is 17.4 Å². The maximum atomic E-state index is 13.2. The Kier molecular flexibility index (Phi) is 4.49. The van der Waals surface area contributed by atoms with Crippen molar-refractivity contribution in [3.05, 3.63) is 95.6 Å². The molecule has 1 aliphatic rings. The highest BCUT2D eigenvalue weighted by Crippen LogP contribution is 2.43. The highest BCUT2D eigenvalue weighted by molar-refractivity contribution is 6.10. The first-order chi connectivity index (χ1) is 13.5. The second kappa shape index (κ2) is 6.98. The van der Waals surface area contributed by atoms with E-state index in [4.69, 9.17) is 0 Å². The molecule has 5 nitrogen and oxygen atoms in total. The largest absolute Gasteiger partial charge is 0.375 e. The number of rotatable bonds is 5. The molecule has 1 amide bonds. The summed E-state index contributed by atoms with van der Waals surface area (Å²) in [6, 6.07) is 17.6. The summed E-state index contributed by atoms with van der Waals surface area (Å²) in [6.45, 7) is 0.163. The summed E-state index contributed by atoms with van der Waals surface area (Å²) in [5, 5.41) is 11.2. The van der Waals surface area contributed by atoms with Crippen molar-refractivity contribution in [1.29, 1.82) is 0 Å². The van der Waals surface area contributed by atoms with Crippen molar-refractivity contribution in [1.82, 2.24) is 4.98 Å². The molecule has 6 heteroatoms. The zero-order valence-corrected chi connectivity index (χ0v) is 14.9. The van der Waals surface area contributed by atoms with E-state index in [0.29, 0.717) is 16.8 Å². The molecule has 28 heavy (non-hydrogen) atoms. The Bertz CT molecular complexity index is 1040. The third-order valence-electron chi connectivity index (χ3n) is 4.86. The minimum Gasteiger partial charge on any atom is -0.375 e. The third-order valence-corrected chi connectivity index (χ3v) is 4.86. The number of para-hydroxylation sites is 1. The number of amides is 1. The van der Waals surface area contributed by atoms with E-state index in [1.54, 1.807) is 54.6 Å². The van der Waals surface area contributed by atoms with Gasteiger partial charge in [0.2, 0.25) is 0 Å². The van der Waals surface area contributed by atoms with Crippen LogP contribution in [0.2, 0.25) is 0 Å². The highest BCUT2D eigenvalue weighted by Gasteiger charge is 2.50. The first kappa shape index (κ1) is 18.0. The van der Waals surface area contributed by atoms with Crippen molar-refractivity contribution in [3.8, 4) is 0 Å². The van der Waals surface area contributed by atoms with E-state index in [1.165, 1.54) is 23.2 Å². The van der Waals surface area contributed by atoms with Gasteiger partial charge in [0.15, 0.2) is 11.4 Å². The smallest absolute Gasteiger partial charge is 0.264 e. The van der Waals surface area contributed by atoms with Crippen LogP contribution in [-0.4, -0.2) is 21.8 Å². The van der Waals surface area contributed by atoms with Crippen LogP contribution < -0.4 is 4.90 Å². The predicted octanol–water partition coefficient (Wildman–Crippen LogP) is 3.23. The molecule has 1 aliphatic heterocycles. The maximum Gasteiger partial charge on any atom is 0.264 e. The normalized spacial score (nSPS) is 18.2. The Labute approximate surface area is 161 Å². The van der Waals surface area contributed by atoms with Gasteiger partial charge in [-0.1, -0.05) is 36.4 Å². The first-order valence-corrected chi connectivity index (χ1v) is 8.81. The summed E-state index contributed by atoms with van der Waals surface area (Å²) in [6.07, 6.45) is 1.09. The van der Waals surface area contributed by atoms with Gasteiger partial charge in [0, 0.05) is 11.8 Å². The average molecular weight is 376 g/mol. The predicted molar refractivity (Wildman–Crippen MR) is 101 cm³/mol. The molecule has 2 heterocycles. The topological polar surface area (TPSA) is 70.5 Å². The average Bonchev–Trinajstić information content (AvgIpc) is 2.92. The van der Waals surface area contributed by atoms with E-state index in [0.717, 1.165) is 0 Å². The number of aliphatic hydroxyl groups is 1. The maximum absolute atomic E-state index is 13.2. The molecule has 0 aliphatic carbocycles. The lowest BCUT2D eigenvalue weighted by molar-refractivity contribution is -0.136. The van der Waals surface area contributed by atoms with Crippen LogP contribution in [0.15, 0.2) is 72.9 Å². The Morgan fingerprint density at radius 2 is 1.75 bits per heavy atom. The van der Waals surface area contributed by atoms with Crippen molar-refractivity contribution in [2.75, 3.05) is 4.90 Å². The summed E-state index contributed by atoms with van der Waals surface area (Å²) in [5.41, 5.74) is -0.145. The Balaban J connectivity index is 1.68. The van der Waals surface area contributed by atoms with E-state index < -0.39 is 23.7 Å². The van der Waals surface area contributed by atoms with Crippen LogP contribution in [0.25, 0.3) is 0 Å². The number of carbonyl (C=O) groups is 2. The van der Waals surface area contributed by atoms with E-state index in [9.17, 15) is 19.1 Å². The number of nitrogens with zero attached hydrogens (tertiary/aromatic N) is 2. The zero-order valence-electron chi connectivity index (χ0n) is 14.9. The van der Waals surface area contributed by atoms with Crippen LogP contribution in [0.4, 0.5) is 10.1 Å². The molecule has 4 rings (SSSR count). The highest BCUT2D eigenvalue weighted by atomic mass is 19.1. The van der Waals surface area contributed by atoms with Crippen LogP contribution in [0, 0.1) is 5.82 Å². The third kappa shape index (κ3) is 3.08. The summed E-state index contributed by atoms with van der Waals surface area (Å²) >= 11 is 0. The molecule has 140 valence electrons. The molecular formula is C22H17FN2O3. The number of benzene rings is 2. The number of hydrogen-bond donors (Lipinski definition) is 1. The minimum absolute atomic E-state index is 0.163. The van der Waals surface area contributed by atoms with Gasteiger partial charge in [-0.25, -0.2) is 4.39 Å². The van der Waals surface area contributed by atoms with Crippen molar-refractivity contribution in [3.63, 3.8) is 0 Å². The standard InChI is InChI=1S/C22H17FN2O3/c23-16-10-8-15(9-11-16)14-25-19-7-2-1-5-17(19)22(28,21(25)27)13-20(26)18-6-3-4-12-24-18/h1-12,28H,13-14H2. The number of halogens is 1. The fraction of sp³-hybridized carbons (Fsp3) is 0.136. The number of aromatic nitrogens is 1. The molecule has 1 aromatic heterocycles. The van der Waals surface area contributed by atoms with Gasteiger partial charge in [0.25, 0.3) is 5.91 Å². The number of carbonyl (C=O) groups excluding carboxylic acids is 2. The van der Waals surface area contributed by atoms with E-state index in [1.807, 2.05) is 0 Å². The van der Waals surface area contributed by atoms with Gasteiger partial charge < -0.3 is 10.0 Å². The zero-order chi connectivity index (χ0) is 19.7. The summed E-state index contributed by atoms with van der Waals surface area (Å²) in [7, 11) is 0. The molecule has 3 aromatic rings. The molecule has 0 radical (unpaired) electrons. The van der Waals surface area contributed by atoms with Gasteiger partial charge in [-0.15, -0.1) is 0 Å². The molecule has 0 bridgehead atoms. The van der Waals surface area contributed by atoms with E-state index in [2.05, 4.69) is 4.98 Å². The van der Waals surface area contributed by atoms with Gasteiger partial charge in [-0.2, -0.15) is 0 Å². The molecular weight excluding hydrogens is 359 g/mol. The van der Waals surface area contributed by atoms with Crippen LogP contribution >= 0.6 is 0 Å². The second-order valence-electron chi connectivity index (χ2n) is 6.71. The van der Waals surface area contributed by atoms with Gasteiger partial charge in [0.05, 0.1) is 18.7 Å². The number of anilines is 1. The van der Waals surface area contributed by atoms with E-state index in [-0.39, 0.29) is 18.1 Å². The molecule has 1 unspecified atom stereocenters. The molecule has 1 atom stereocenters. The molecule has 0 spiro atoms. The minimum atomic E-state index is -1.97. The molecule has 2 aromatic carbocycles. The Hall–Kier alpha value is -3.38. The van der Waals surface area contributed by atoms with Crippen LogP contribution in [0.5, 0.6) is 0 Å². The van der Waals surface area contributed by atoms with Crippen molar-refractivity contribution < 1.29 is 19.1 Å². The number of Topliss-reactive ketones (excluding diaryl/α,β-unsaturated/α-hetero) is 1. The van der Waals surface area contributed by atoms with Gasteiger partial charge in [0.1, 0.15) is 11.5 Å². The lowest BCUT2D eigenvalue weighted by Crippen LogP contribution is -2.41. The number of hydrogen-bond acceptors (Lipinski definition) is 4. The molecule has 1 N–H and O–H groups in total. The lowest BCUT2D eigenvalue weighted by Gasteiger charge is -2.22. The number of pyridine rings is 1. The van der Waals surface area contributed by atoms with Crippen LogP contribution in [-0.2, 0) is 16.9 Å². The van der Waals surface area contributed by atoms with E-state index >= 15 is 0 Å². The molecule has 0 saturated carbocycles. The number of fused-ring (bicyclic) bond motifs is 1. The van der Waals surface area contributed by atoms with Gasteiger partial charge >= 0.3 is 0 Å². The van der Waals surface area contributed by atoms with Crippen molar-refractivity contribution in [2.24, 2.45) is 0 Å². The van der Waals surface area contributed by atoms with Gasteiger partial charge in [-0.3, -0.25) is 14.6 Å². The summed E-state index contributed by atoms with van der Waals surface area (Å²) in [4.78, 5) is 31.2. The quantitative estimate of drug-likeness (QED) is 0.694. The lowest BCUT2D eigenvalue weighted by atomic mass is 9.89. The monoisotopic (exact) mass is 376 g/mol. The van der Waals surface area contributed by atoms with Gasteiger partial charge in [-0.05, 0) is 35.9 Å². The first-order valence-electron chi connectivity index (χ1n) is 8.81. The molecule has 0 fully saturated rings. The van der Waals surface area contributed by atoms with Crippen LogP contribution in [0.1, 0.15) is 28.0 Å². The summed E-state index contributed by atoms with van der Waals surface area (Å²) in [5.74, 6) is -1.37. The fourth-order valence-electron chi connectivity index (χ4n) is 3.46. The second-order valence-corrected chi connectivity index (χ2v) is 6.71. The molecule has 0 saturated heterocycles. The van der Waals surface area contributed by atoms with Crippen molar-refractivity contribution in [2.45, 2.75) is 18.6 Å². The Morgan fingerprint density at radius 1 is 1.04 bits per heavy atom. The Morgan fingerprint density at radius 3 is 2.46 bits per heavy atom. The summed E-state index contributed by atoms with van der Waals surface area (Å²) < 4.78 is 13.2. The number of ketones is 1. The fourth-order valence-corrected chi connectivity index (χ4v) is 3.46.